The summed E-state index contributed by atoms with van der Waals surface area (Å²) in [5.41, 5.74) is 4.66. The third-order valence-electron chi connectivity index (χ3n) is 5.02. The quantitative estimate of drug-likeness (QED) is 0.535. The Hall–Kier alpha value is -3.60. The van der Waals surface area contributed by atoms with Crippen LogP contribution in [0.3, 0.4) is 0 Å². The monoisotopic (exact) mass is 371 g/mol. The maximum Gasteiger partial charge on any atom is 0.209 e. The van der Waals surface area contributed by atoms with E-state index in [1.165, 1.54) is 6.07 Å². The lowest BCUT2D eigenvalue weighted by atomic mass is 10.0. The van der Waals surface area contributed by atoms with Crippen LogP contribution in [-0.2, 0) is 0 Å². The number of imidazole rings is 1. The van der Waals surface area contributed by atoms with E-state index in [1.807, 2.05) is 54.6 Å². The first kappa shape index (κ1) is 16.6. The number of hydrogen-bond donors (Lipinski definition) is 1. The van der Waals surface area contributed by atoms with E-state index in [1.54, 1.807) is 19.2 Å². The fourth-order valence-corrected chi connectivity index (χ4v) is 3.70. The average Bonchev–Trinajstić information content (AvgIpc) is 3.11. The Balaban J connectivity index is 1.71. The van der Waals surface area contributed by atoms with Crippen molar-refractivity contribution in [3.8, 4) is 5.75 Å². The summed E-state index contributed by atoms with van der Waals surface area (Å²) < 4.78 is 21.4. The molecule has 0 radical (unpaired) electrons. The zero-order chi connectivity index (χ0) is 19.1. The average molecular weight is 371 g/mol. The van der Waals surface area contributed by atoms with E-state index in [2.05, 4.69) is 16.0 Å². The van der Waals surface area contributed by atoms with Gasteiger partial charge in [0.25, 0.3) is 0 Å². The number of allylic oxidation sites excluding steroid dienone is 1. The Labute approximate surface area is 161 Å². The summed E-state index contributed by atoms with van der Waals surface area (Å²) in [6.45, 7) is 0. The predicted octanol–water partition coefficient (Wildman–Crippen LogP) is 5.24. The topological polar surface area (TPSA) is 39.1 Å². The molecule has 0 saturated carbocycles. The van der Waals surface area contributed by atoms with Gasteiger partial charge in [0.1, 0.15) is 11.6 Å². The van der Waals surface area contributed by atoms with E-state index in [9.17, 15) is 4.39 Å². The highest BCUT2D eigenvalue weighted by atomic mass is 19.1. The first-order valence-electron chi connectivity index (χ1n) is 9.08. The van der Waals surface area contributed by atoms with Crippen LogP contribution >= 0.6 is 0 Å². The minimum Gasteiger partial charge on any atom is -0.497 e. The van der Waals surface area contributed by atoms with E-state index < -0.39 is 0 Å². The third kappa shape index (κ3) is 2.72. The second-order valence-corrected chi connectivity index (χ2v) is 6.73. The van der Waals surface area contributed by atoms with Gasteiger partial charge in [-0.1, -0.05) is 36.4 Å². The van der Waals surface area contributed by atoms with Crippen molar-refractivity contribution in [3.63, 3.8) is 0 Å². The summed E-state index contributed by atoms with van der Waals surface area (Å²) in [7, 11) is 1.65. The lowest BCUT2D eigenvalue weighted by Crippen LogP contribution is -2.19. The van der Waals surface area contributed by atoms with Crippen LogP contribution in [0.2, 0.25) is 0 Å². The van der Waals surface area contributed by atoms with Gasteiger partial charge in [0.2, 0.25) is 5.95 Å². The zero-order valence-electron chi connectivity index (χ0n) is 15.3. The molecule has 0 fully saturated rings. The summed E-state index contributed by atoms with van der Waals surface area (Å²) in [5.74, 6) is 1.26. The van der Waals surface area contributed by atoms with Crippen molar-refractivity contribution in [1.29, 1.82) is 0 Å². The van der Waals surface area contributed by atoms with Gasteiger partial charge in [0, 0.05) is 11.3 Å². The summed E-state index contributed by atoms with van der Waals surface area (Å²) in [6, 6.07) is 22.4. The molecule has 4 nitrogen and oxygen atoms in total. The fraction of sp³-hybridized carbons (Fsp3) is 0.0870. The number of nitrogens with zero attached hydrogens (tertiary/aromatic N) is 2. The van der Waals surface area contributed by atoms with Gasteiger partial charge in [-0.2, -0.15) is 0 Å². The van der Waals surface area contributed by atoms with Crippen LogP contribution in [0.4, 0.5) is 10.3 Å². The number of methoxy groups -OCH3 is 1. The van der Waals surface area contributed by atoms with Crippen molar-refractivity contribution in [2.45, 2.75) is 6.04 Å². The lowest BCUT2D eigenvalue weighted by Gasteiger charge is -2.26. The molecule has 0 saturated heterocycles. The van der Waals surface area contributed by atoms with E-state index in [0.717, 1.165) is 39.6 Å². The van der Waals surface area contributed by atoms with Crippen molar-refractivity contribution in [2.24, 2.45) is 0 Å². The number of fused-ring (bicyclic) bond motifs is 3. The number of benzene rings is 3. The van der Waals surface area contributed by atoms with E-state index in [-0.39, 0.29) is 11.9 Å². The molecule has 1 aliphatic heterocycles. The van der Waals surface area contributed by atoms with Crippen LogP contribution in [0.5, 0.6) is 5.75 Å². The number of hydrogen-bond acceptors (Lipinski definition) is 3. The molecule has 3 aromatic carbocycles. The molecule has 5 heteroatoms. The molecule has 0 amide bonds. The molecule has 1 aromatic heterocycles. The molecule has 0 bridgehead atoms. The predicted molar refractivity (Wildman–Crippen MR) is 109 cm³/mol. The Morgan fingerprint density at radius 1 is 1.00 bits per heavy atom. The van der Waals surface area contributed by atoms with Crippen molar-refractivity contribution < 1.29 is 9.13 Å². The number of halogens is 1. The maximum atomic E-state index is 14.0. The van der Waals surface area contributed by atoms with Crippen molar-refractivity contribution in [1.82, 2.24) is 9.55 Å². The Morgan fingerprint density at radius 2 is 1.86 bits per heavy atom. The highest BCUT2D eigenvalue weighted by molar-refractivity contribution is 5.85. The molecule has 2 heterocycles. The van der Waals surface area contributed by atoms with Gasteiger partial charge in [-0.3, -0.25) is 4.57 Å². The fourth-order valence-electron chi connectivity index (χ4n) is 3.70. The Kier molecular flexibility index (Phi) is 3.86. The van der Waals surface area contributed by atoms with Gasteiger partial charge < -0.3 is 10.1 Å². The van der Waals surface area contributed by atoms with Crippen LogP contribution in [0, 0.1) is 5.82 Å². The number of para-hydroxylation sites is 2. The Bertz CT molecular complexity index is 1210. The highest BCUT2D eigenvalue weighted by Gasteiger charge is 2.25. The first-order chi connectivity index (χ1) is 13.7. The second kappa shape index (κ2) is 6.53. The SMILES string of the molecule is COc1cccc(C2=CC(c3cccc(F)c3)n3c(nc4ccccc43)N2)c1. The van der Waals surface area contributed by atoms with Gasteiger partial charge in [-0.25, -0.2) is 9.37 Å². The number of aromatic nitrogens is 2. The summed E-state index contributed by atoms with van der Waals surface area (Å²) in [6.07, 6.45) is 2.10. The normalized spacial score (nSPS) is 15.6. The van der Waals surface area contributed by atoms with Crippen molar-refractivity contribution in [3.05, 3.63) is 95.8 Å². The number of ether oxygens (including phenoxy) is 1. The van der Waals surface area contributed by atoms with Crippen LogP contribution in [0.15, 0.2) is 78.9 Å². The van der Waals surface area contributed by atoms with Crippen LogP contribution in [-0.4, -0.2) is 16.7 Å². The van der Waals surface area contributed by atoms with Crippen molar-refractivity contribution >= 4 is 22.7 Å². The van der Waals surface area contributed by atoms with Crippen LogP contribution in [0.1, 0.15) is 17.2 Å². The van der Waals surface area contributed by atoms with Crippen LogP contribution < -0.4 is 10.1 Å². The van der Waals surface area contributed by atoms with Gasteiger partial charge >= 0.3 is 0 Å². The molecule has 1 N–H and O–H groups in total. The van der Waals surface area contributed by atoms with Gasteiger partial charge in [0.15, 0.2) is 0 Å². The molecule has 138 valence electrons. The van der Waals surface area contributed by atoms with E-state index in [4.69, 9.17) is 9.72 Å². The number of anilines is 1. The van der Waals surface area contributed by atoms with Gasteiger partial charge in [0.05, 0.1) is 24.2 Å². The molecule has 1 aliphatic rings. The van der Waals surface area contributed by atoms with E-state index in [0.29, 0.717) is 0 Å². The number of nitrogens with one attached hydrogen (secondary N) is 1. The largest absolute Gasteiger partial charge is 0.497 e. The van der Waals surface area contributed by atoms with E-state index >= 15 is 0 Å². The minimum absolute atomic E-state index is 0.180. The van der Waals surface area contributed by atoms with Crippen molar-refractivity contribution in [2.75, 3.05) is 12.4 Å². The Morgan fingerprint density at radius 3 is 2.71 bits per heavy atom. The molecule has 28 heavy (non-hydrogen) atoms. The van der Waals surface area contributed by atoms with Gasteiger partial charge in [-0.15, -0.1) is 0 Å². The second-order valence-electron chi connectivity index (χ2n) is 6.73. The summed E-state index contributed by atoms with van der Waals surface area (Å²) in [5, 5.41) is 3.43. The van der Waals surface area contributed by atoms with Gasteiger partial charge in [-0.05, 0) is 48.0 Å². The summed E-state index contributed by atoms with van der Waals surface area (Å²) in [4.78, 5) is 4.76. The molecular formula is C23H18FN3O. The number of rotatable bonds is 3. The summed E-state index contributed by atoms with van der Waals surface area (Å²) >= 11 is 0. The molecule has 0 aliphatic carbocycles. The molecule has 1 atom stereocenters. The molecule has 1 unspecified atom stereocenters. The molecule has 5 rings (SSSR count). The zero-order valence-corrected chi connectivity index (χ0v) is 15.3. The maximum absolute atomic E-state index is 14.0. The van der Waals surface area contributed by atoms with Crippen LogP contribution in [0.25, 0.3) is 16.7 Å². The highest BCUT2D eigenvalue weighted by Crippen LogP contribution is 2.37. The minimum atomic E-state index is -0.252. The standard InChI is InChI=1S/C23H18FN3O/c1-28-18-9-5-6-15(13-18)20-14-22(16-7-4-8-17(24)12-16)27-21-11-3-2-10-19(21)25-23(27)26-20/h2-14,22H,1H3,(H,25,26). The molecule has 0 spiro atoms. The lowest BCUT2D eigenvalue weighted by molar-refractivity contribution is 0.414. The molecule has 4 aromatic rings. The third-order valence-corrected chi connectivity index (χ3v) is 5.02. The smallest absolute Gasteiger partial charge is 0.209 e. The molecular weight excluding hydrogens is 353 g/mol. The first-order valence-corrected chi connectivity index (χ1v) is 9.08.